The van der Waals surface area contributed by atoms with E-state index in [0.717, 1.165) is 0 Å². The molecule has 48 valence electrons. The van der Waals surface area contributed by atoms with Gasteiger partial charge >= 0.3 is 5.97 Å². The smallest absolute Gasteiger partial charge is 0.310 e. The number of Topliss-reactive ketones (excluding diaryl/α,β-unsaturated/α-hetero) is 1. The van der Waals surface area contributed by atoms with E-state index in [9.17, 15) is 9.59 Å². The summed E-state index contributed by atoms with van der Waals surface area (Å²) in [5, 5.41) is 8.02. The first-order valence-corrected chi connectivity index (χ1v) is 2.33. The second-order valence-electron chi connectivity index (χ2n) is 1.49. The van der Waals surface area contributed by atoms with E-state index >= 15 is 0 Å². The normalized spacial score (nSPS) is 7.89. The van der Waals surface area contributed by atoms with Crippen LogP contribution in [0.15, 0.2) is 0 Å². The van der Waals surface area contributed by atoms with Gasteiger partial charge in [0.2, 0.25) is 0 Å². The van der Waals surface area contributed by atoms with Crippen LogP contribution < -0.4 is 0 Å². The van der Waals surface area contributed by atoms with Crippen LogP contribution in [0.3, 0.4) is 0 Å². The number of carboxylic acid groups (broad SMARTS) is 1. The zero-order valence-electron chi connectivity index (χ0n) is 4.76. The highest BCUT2D eigenvalue weighted by Crippen LogP contribution is 1.86. The van der Waals surface area contributed by atoms with Gasteiger partial charge in [-0.05, 0) is 0 Å². The van der Waals surface area contributed by atoms with Gasteiger partial charge in [0.05, 0.1) is 6.42 Å². The maximum atomic E-state index is 10.3. The summed E-state index contributed by atoms with van der Waals surface area (Å²) < 4.78 is 0. The Kier molecular flexibility index (Phi) is 3.14. The molecule has 0 heterocycles. The van der Waals surface area contributed by atoms with E-state index < -0.39 is 18.2 Å². The Balaban J connectivity index is 3.54. The van der Waals surface area contributed by atoms with Crippen molar-refractivity contribution >= 4 is 11.8 Å². The van der Waals surface area contributed by atoms with E-state index in [0.29, 0.717) is 0 Å². The van der Waals surface area contributed by atoms with Crippen molar-refractivity contribution in [2.24, 2.45) is 0 Å². The molecule has 3 heteroatoms. The Labute approximate surface area is 52.7 Å². The number of aliphatic carboxylic acids is 1. The van der Waals surface area contributed by atoms with Crippen LogP contribution in [0.4, 0.5) is 0 Å². The van der Waals surface area contributed by atoms with Gasteiger partial charge in [-0.1, -0.05) is 5.92 Å². The highest BCUT2D eigenvalue weighted by molar-refractivity contribution is 5.95. The molecule has 0 rings (SSSR count). The van der Waals surface area contributed by atoms with E-state index in [2.05, 4.69) is 5.92 Å². The molecule has 0 aromatic carbocycles. The molecule has 3 nitrogen and oxygen atoms in total. The fourth-order valence-corrected chi connectivity index (χ4v) is 0.345. The Morgan fingerprint density at radius 3 is 2.44 bits per heavy atom. The first kappa shape index (κ1) is 7.70. The molecule has 0 aromatic rings. The Morgan fingerprint density at radius 2 is 2.11 bits per heavy atom. The molecule has 0 radical (unpaired) electrons. The summed E-state index contributed by atoms with van der Waals surface area (Å²) in [6.45, 7) is 0. The number of hydrogen-bond donors (Lipinski definition) is 1. The molecule has 0 saturated heterocycles. The molecule has 0 unspecified atom stereocenters. The van der Waals surface area contributed by atoms with Gasteiger partial charge in [-0.2, -0.15) is 0 Å². The molecule has 0 amide bonds. The average molecular weight is 126 g/mol. The van der Waals surface area contributed by atoms with Gasteiger partial charge in [0.15, 0.2) is 5.78 Å². The molecule has 0 aliphatic rings. The average Bonchev–Trinajstić information content (AvgIpc) is 1.63. The summed E-state index contributed by atoms with van der Waals surface area (Å²) >= 11 is 0. The minimum Gasteiger partial charge on any atom is -0.481 e. The maximum absolute atomic E-state index is 10.3. The van der Waals surface area contributed by atoms with Crippen LogP contribution in [0.25, 0.3) is 0 Å². The largest absolute Gasteiger partial charge is 0.481 e. The van der Waals surface area contributed by atoms with E-state index in [1.54, 1.807) is 0 Å². The zero-order chi connectivity index (χ0) is 7.28. The summed E-state index contributed by atoms with van der Waals surface area (Å²) in [7, 11) is 0. The number of rotatable bonds is 3. The van der Waals surface area contributed by atoms with Crippen molar-refractivity contribution in [1.82, 2.24) is 0 Å². The number of carbonyl (C=O) groups is 2. The van der Waals surface area contributed by atoms with Crippen LogP contribution in [-0.4, -0.2) is 16.9 Å². The summed E-state index contributed by atoms with van der Waals surface area (Å²) in [6.07, 6.45) is 4.18. The molecule has 0 aliphatic carbocycles. The number of carboxylic acids is 1. The molecule has 0 bridgehead atoms. The molecule has 0 saturated carbocycles. The van der Waals surface area contributed by atoms with Gasteiger partial charge in [-0.15, -0.1) is 6.42 Å². The molecular formula is C6H6O3. The molecule has 0 atom stereocenters. The van der Waals surface area contributed by atoms with Crippen LogP contribution in [0.1, 0.15) is 12.8 Å². The zero-order valence-corrected chi connectivity index (χ0v) is 4.76. The van der Waals surface area contributed by atoms with Crippen molar-refractivity contribution in [3.05, 3.63) is 0 Å². The molecule has 1 N–H and O–H groups in total. The van der Waals surface area contributed by atoms with Crippen LogP contribution in [0.5, 0.6) is 0 Å². The fraction of sp³-hybridized carbons (Fsp3) is 0.333. The summed E-state index contributed by atoms with van der Waals surface area (Å²) in [5.41, 5.74) is 0. The van der Waals surface area contributed by atoms with Crippen LogP contribution in [0, 0.1) is 12.3 Å². The van der Waals surface area contributed by atoms with Crippen molar-refractivity contribution < 1.29 is 14.7 Å². The monoisotopic (exact) mass is 126 g/mol. The standard InChI is InChI=1S/C6H6O3/c1-2-3-5(7)4-6(8)9/h1H,3-4H2,(H,8,9). The van der Waals surface area contributed by atoms with E-state index in [-0.39, 0.29) is 6.42 Å². The predicted octanol–water partition coefficient (Wildman–Crippen LogP) is 0.0535. The number of hydrogen-bond acceptors (Lipinski definition) is 2. The second-order valence-corrected chi connectivity index (χ2v) is 1.49. The van der Waals surface area contributed by atoms with Crippen molar-refractivity contribution in [2.75, 3.05) is 0 Å². The lowest BCUT2D eigenvalue weighted by Gasteiger charge is -1.86. The highest BCUT2D eigenvalue weighted by Gasteiger charge is 2.04. The quantitative estimate of drug-likeness (QED) is 0.429. The molecule has 0 fully saturated rings. The van der Waals surface area contributed by atoms with E-state index in [1.165, 1.54) is 0 Å². The van der Waals surface area contributed by atoms with Gasteiger partial charge in [0, 0.05) is 0 Å². The minimum atomic E-state index is -1.13. The fourth-order valence-electron chi connectivity index (χ4n) is 0.345. The maximum Gasteiger partial charge on any atom is 0.310 e. The third-order valence-electron chi connectivity index (χ3n) is 0.648. The second kappa shape index (κ2) is 3.67. The Bertz CT molecular complexity index is 164. The van der Waals surface area contributed by atoms with E-state index in [4.69, 9.17) is 11.5 Å². The molecular weight excluding hydrogens is 120 g/mol. The van der Waals surface area contributed by atoms with Crippen molar-refractivity contribution in [3.8, 4) is 12.3 Å². The van der Waals surface area contributed by atoms with Crippen molar-refractivity contribution in [3.63, 3.8) is 0 Å². The summed E-state index contributed by atoms with van der Waals surface area (Å²) in [4.78, 5) is 20.1. The number of carbonyl (C=O) groups excluding carboxylic acids is 1. The van der Waals surface area contributed by atoms with Gasteiger partial charge in [-0.25, -0.2) is 0 Å². The van der Waals surface area contributed by atoms with Crippen molar-refractivity contribution in [1.29, 1.82) is 0 Å². The topological polar surface area (TPSA) is 54.4 Å². The molecule has 0 aromatic heterocycles. The number of terminal acetylenes is 1. The summed E-state index contributed by atoms with van der Waals surface area (Å²) in [5.74, 6) is 0.505. The van der Waals surface area contributed by atoms with Crippen LogP contribution in [0.2, 0.25) is 0 Å². The van der Waals surface area contributed by atoms with Crippen LogP contribution >= 0.6 is 0 Å². The SMILES string of the molecule is C#CCC(=O)CC(=O)O. The van der Waals surface area contributed by atoms with Crippen molar-refractivity contribution in [2.45, 2.75) is 12.8 Å². The molecule has 9 heavy (non-hydrogen) atoms. The Morgan fingerprint density at radius 1 is 1.56 bits per heavy atom. The minimum absolute atomic E-state index is 0.0910. The third kappa shape index (κ3) is 4.56. The van der Waals surface area contributed by atoms with Gasteiger partial charge in [0.25, 0.3) is 0 Å². The first-order chi connectivity index (χ1) is 4.16. The number of ketones is 1. The molecule has 0 aliphatic heterocycles. The predicted molar refractivity (Wildman–Crippen MR) is 30.7 cm³/mol. The molecule has 0 spiro atoms. The van der Waals surface area contributed by atoms with Gasteiger partial charge in [-0.3, -0.25) is 9.59 Å². The first-order valence-electron chi connectivity index (χ1n) is 2.33. The van der Waals surface area contributed by atoms with Gasteiger partial charge < -0.3 is 5.11 Å². The van der Waals surface area contributed by atoms with E-state index in [1.807, 2.05) is 0 Å². The lowest BCUT2D eigenvalue weighted by molar-refractivity contribution is -0.139. The Hall–Kier alpha value is -1.30. The highest BCUT2D eigenvalue weighted by atomic mass is 16.4. The lowest BCUT2D eigenvalue weighted by Crippen LogP contribution is -2.04. The summed E-state index contributed by atoms with van der Waals surface area (Å²) in [6, 6.07) is 0. The van der Waals surface area contributed by atoms with Gasteiger partial charge in [0.1, 0.15) is 6.42 Å². The van der Waals surface area contributed by atoms with Crippen LogP contribution in [-0.2, 0) is 9.59 Å². The lowest BCUT2D eigenvalue weighted by atomic mass is 10.2. The third-order valence-corrected chi connectivity index (χ3v) is 0.648.